The number of nitrogens with one attached hydrogen (secondary N) is 1. The summed E-state index contributed by atoms with van der Waals surface area (Å²) in [6.45, 7) is 2.05. The molecular weight excluding hydrogens is 426 g/mol. The van der Waals surface area contributed by atoms with Gasteiger partial charge in [-0.05, 0) is 72.1 Å². The number of nitrogens with zero attached hydrogens (tertiary/aromatic N) is 2. The Morgan fingerprint density at radius 2 is 1.88 bits per heavy atom. The molecule has 2 N–H and O–H groups in total. The molecule has 6 nitrogen and oxygen atoms in total. The summed E-state index contributed by atoms with van der Waals surface area (Å²) >= 11 is 0. The van der Waals surface area contributed by atoms with Gasteiger partial charge in [-0.3, -0.25) is 4.79 Å². The first-order chi connectivity index (χ1) is 16.5. The van der Waals surface area contributed by atoms with Crippen LogP contribution in [0.1, 0.15) is 42.7 Å². The van der Waals surface area contributed by atoms with Gasteiger partial charge in [-0.25, -0.2) is 0 Å². The number of aliphatic carboxylic acids is 1. The molecule has 0 radical (unpaired) electrons. The zero-order valence-corrected chi connectivity index (χ0v) is 19.1. The zero-order valence-electron chi connectivity index (χ0n) is 19.1. The molecule has 0 aliphatic heterocycles. The molecule has 2 aliphatic carbocycles. The largest absolute Gasteiger partial charge is 0.481 e. The third-order valence-electron chi connectivity index (χ3n) is 7.61. The maximum atomic E-state index is 11.1. The SMILES string of the molecule is Cc1ccc(NC2CC3(C2)CC(C(=O)O)C3)cc1-c1noc(Cc2cccc3ccccc23)n1. The zero-order chi connectivity index (χ0) is 23.3. The van der Waals surface area contributed by atoms with Crippen molar-refractivity contribution in [1.29, 1.82) is 0 Å². The lowest BCUT2D eigenvalue weighted by atomic mass is 9.50. The van der Waals surface area contributed by atoms with Gasteiger partial charge in [-0.1, -0.05) is 53.7 Å². The molecule has 2 saturated carbocycles. The molecule has 0 amide bonds. The van der Waals surface area contributed by atoms with Gasteiger partial charge in [-0.15, -0.1) is 0 Å². The quantitative estimate of drug-likeness (QED) is 0.381. The van der Waals surface area contributed by atoms with Crippen LogP contribution in [0.5, 0.6) is 0 Å². The van der Waals surface area contributed by atoms with E-state index in [2.05, 4.69) is 65.9 Å². The number of hydrogen-bond acceptors (Lipinski definition) is 5. The number of anilines is 1. The van der Waals surface area contributed by atoms with Crippen LogP contribution < -0.4 is 5.32 Å². The molecule has 0 unspecified atom stereocenters. The van der Waals surface area contributed by atoms with Gasteiger partial charge >= 0.3 is 5.97 Å². The number of aryl methyl sites for hydroxylation is 1. The van der Waals surface area contributed by atoms with Crippen LogP contribution in [0.15, 0.2) is 65.2 Å². The molecule has 0 bridgehead atoms. The smallest absolute Gasteiger partial charge is 0.306 e. The van der Waals surface area contributed by atoms with Gasteiger partial charge in [0.1, 0.15) is 0 Å². The highest BCUT2D eigenvalue weighted by Crippen LogP contribution is 2.59. The van der Waals surface area contributed by atoms with Crippen LogP contribution in [-0.4, -0.2) is 27.3 Å². The number of fused-ring (bicyclic) bond motifs is 1. The fourth-order valence-corrected chi connectivity index (χ4v) is 5.82. The Morgan fingerprint density at radius 3 is 2.71 bits per heavy atom. The molecule has 1 aromatic heterocycles. The summed E-state index contributed by atoms with van der Waals surface area (Å²) in [5, 5.41) is 19.4. The van der Waals surface area contributed by atoms with Crippen molar-refractivity contribution in [2.45, 2.75) is 45.1 Å². The van der Waals surface area contributed by atoms with Crippen LogP contribution in [0.25, 0.3) is 22.2 Å². The minimum Gasteiger partial charge on any atom is -0.481 e. The van der Waals surface area contributed by atoms with Crippen LogP contribution in [0.2, 0.25) is 0 Å². The Hall–Kier alpha value is -3.67. The van der Waals surface area contributed by atoms with Crippen molar-refractivity contribution in [3.63, 3.8) is 0 Å². The molecular formula is C28H27N3O3. The average molecular weight is 454 g/mol. The average Bonchev–Trinajstić information content (AvgIpc) is 3.24. The van der Waals surface area contributed by atoms with Gasteiger partial charge in [0.05, 0.1) is 12.3 Å². The molecule has 1 heterocycles. The van der Waals surface area contributed by atoms with E-state index in [0.717, 1.165) is 42.5 Å². The van der Waals surface area contributed by atoms with Crippen molar-refractivity contribution in [2.24, 2.45) is 11.3 Å². The Balaban J connectivity index is 1.16. The van der Waals surface area contributed by atoms with Crippen molar-refractivity contribution in [1.82, 2.24) is 10.1 Å². The molecule has 172 valence electrons. The lowest BCUT2D eigenvalue weighted by Crippen LogP contribution is -2.54. The Kier molecular flexibility index (Phi) is 4.90. The number of carboxylic acids is 1. The highest BCUT2D eigenvalue weighted by Gasteiger charge is 2.54. The second-order valence-corrected chi connectivity index (χ2v) is 10.0. The van der Waals surface area contributed by atoms with Gasteiger partial charge in [0, 0.05) is 17.3 Å². The van der Waals surface area contributed by atoms with Crippen molar-refractivity contribution >= 4 is 22.4 Å². The summed E-state index contributed by atoms with van der Waals surface area (Å²) in [7, 11) is 0. The minimum atomic E-state index is -0.648. The first-order valence-corrected chi connectivity index (χ1v) is 11.9. The molecule has 0 atom stereocenters. The van der Waals surface area contributed by atoms with E-state index in [4.69, 9.17) is 14.6 Å². The van der Waals surface area contributed by atoms with Gasteiger partial charge in [0.2, 0.25) is 11.7 Å². The Bertz CT molecular complexity index is 1370. The molecule has 2 fully saturated rings. The summed E-state index contributed by atoms with van der Waals surface area (Å²) in [5.41, 5.74) is 4.51. The van der Waals surface area contributed by atoms with E-state index in [-0.39, 0.29) is 11.3 Å². The van der Waals surface area contributed by atoms with Gasteiger partial charge < -0.3 is 14.9 Å². The third kappa shape index (κ3) is 3.73. The summed E-state index contributed by atoms with van der Waals surface area (Å²) in [5.74, 6) is 0.408. The molecule has 6 rings (SSSR count). The van der Waals surface area contributed by atoms with Crippen LogP contribution in [0.3, 0.4) is 0 Å². The monoisotopic (exact) mass is 453 g/mol. The standard InChI is InChI=1S/C28H27N3O3/c1-17-9-10-21(29-22-15-28(16-22)13-20(14-28)27(32)33)12-24(17)26-30-25(34-31-26)11-19-7-4-6-18-5-2-3-8-23(18)19/h2-10,12,20,22,29H,11,13-16H2,1H3,(H,32,33). The van der Waals surface area contributed by atoms with E-state index in [1.54, 1.807) is 0 Å². The first-order valence-electron chi connectivity index (χ1n) is 11.9. The second kappa shape index (κ2) is 7.97. The van der Waals surface area contributed by atoms with Crippen molar-refractivity contribution in [3.8, 4) is 11.4 Å². The van der Waals surface area contributed by atoms with E-state index < -0.39 is 5.97 Å². The van der Waals surface area contributed by atoms with Gasteiger partial charge in [-0.2, -0.15) is 4.98 Å². The Labute approximate surface area is 198 Å². The third-order valence-corrected chi connectivity index (χ3v) is 7.61. The highest BCUT2D eigenvalue weighted by molar-refractivity contribution is 5.85. The summed E-state index contributed by atoms with van der Waals surface area (Å²) < 4.78 is 5.63. The summed E-state index contributed by atoms with van der Waals surface area (Å²) in [4.78, 5) is 15.8. The predicted octanol–water partition coefficient (Wildman–Crippen LogP) is 5.84. The van der Waals surface area contributed by atoms with Crippen LogP contribution in [-0.2, 0) is 11.2 Å². The second-order valence-electron chi connectivity index (χ2n) is 10.0. The molecule has 6 heteroatoms. The Morgan fingerprint density at radius 1 is 1.09 bits per heavy atom. The summed E-state index contributed by atoms with van der Waals surface area (Å²) in [6, 6.07) is 21.2. The molecule has 0 saturated heterocycles. The molecule has 4 aromatic rings. The number of carbonyl (C=O) groups is 1. The van der Waals surface area contributed by atoms with Crippen molar-refractivity contribution < 1.29 is 14.4 Å². The lowest BCUT2D eigenvalue weighted by Gasteiger charge is -2.57. The van der Waals surface area contributed by atoms with E-state index in [0.29, 0.717) is 24.2 Å². The highest BCUT2D eigenvalue weighted by atomic mass is 16.5. The van der Waals surface area contributed by atoms with Crippen molar-refractivity contribution in [3.05, 3.63) is 77.7 Å². The van der Waals surface area contributed by atoms with E-state index in [9.17, 15) is 4.79 Å². The fourth-order valence-electron chi connectivity index (χ4n) is 5.82. The summed E-state index contributed by atoms with van der Waals surface area (Å²) in [6.07, 6.45) is 4.31. The molecule has 2 aliphatic rings. The minimum absolute atomic E-state index is 0.145. The van der Waals surface area contributed by atoms with Crippen LogP contribution >= 0.6 is 0 Å². The van der Waals surface area contributed by atoms with Gasteiger partial charge in [0.25, 0.3) is 0 Å². The maximum absolute atomic E-state index is 11.1. The number of carboxylic acid groups (broad SMARTS) is 1. The molecule has 3 aromatic carbocycles. The lowest BCUT2D eigenvalue weighted by molar-refractivity contribution is -0.154. The molecule has 1 spiro atoms. The van der Waals surface area contributed by atoms with E-state index >= 15 is 0 Å². The number of hydrogen-bond donors (Lipinski definition) is 2. The fraction of sp³-hybridized carbons (Fsp3) is 0.321. The van der Waals surface area contributed by atoms with E-state index in [1.807, 2.05) is 12.1 Å². The topological polar surface area (TPSA) is 88.2 Å². The normalized spacial score (nSPS) is 23.4. The predicted molar refractivity (Wildman–Crippen MR) is 131 cm³/mol. The number of aromatic nitrogens is 2. The number of rotatable bonds is 6. The van der Waals surface area contributed by atoms with Crippen LogP contribution in [0.4, 0.5) is 5.69 Å². The first kappa shape index (κ1) is 20.9. The molecule has 34 heavy (non-hydrogen) atoms. The van der Waals surface area contributed by atoms with Crippen LogP contribution in [0, 0.1) is 18.3 Å². The van der Waals surface area contributed by atoms with Gasteiger partial charge in [0.15, 0.2) is 0 Å². The number of benzene rings is 3. The van der Waals surface area contributed by atoms with Crippen molar-refractivity contribution in [2.75, 3.05) is 5.32 Å². The maximum Gasteiger partial charge on any atom is 0.306 e. The van der Waals surface area contributed by atoms with E-state index in [1.165, 1.54) is 16.3 Å².